The first kappa shape index (κ1) is 23.0. The number of benzene rings is 3. The van der Waals surface area contributed by atoms with Crippen molar-refractivity contribution in [1.82, 2.24) is 4.90 Å². The largest absolute Gasteiger partial charge is 0.491 e. The van der Waals surface area contributed by atoms with Gasteiger partial charge < -0.3 is 19.8 Å². The number of aliphatic hydroxyl groups is 2. The van der Waals surface area contributed by atoms with E-state index in [0.29, 0.717) is 6.54 Å². The highest BCUT2D eigenvalue weighted by atomic mass is 79.9. The van der Waals surface area contributed by atoms with Crippen molar-refractivity contribution in [1.29, 1.82) is 0 Å². The molecule has 4 rings (SSSR count). The number of ether oxygens (including phenoxy) is 1. The zero-order chi connectivity index (χ0) is 22.4. The lowest BCUT2D eigenvalue weighted by Crippen LogP contribution is -2.46. The molecule has 0 spiro atoms. The number of hydrogen-bond donors (Lipinski definition) is 2. The van der Waals surface area contributed by atoms with Crippen LogP contribution in [0.5, 0.6) is 5.75 Å². The molecular weight excluding hydrogens is 466 g/mol. The van der Waals surface area contributed by atoms with Gasteiger partial charge in [0.2, 0.25) is 0 Å². The molecule has 4 nitrogen and oxygen atoms in total. The summed E-state index contributed by atoms with van der Waals surface area (Å²) in [6, 6.07) is 27.6. The summed E-state index contributed by atoms with van der Waals surface area (Å²) in [5, 5.41) is 22.5. The summed E-state index contributed by atoms with van der Waals surface area (Å²) in [7, 11) is 0. The van der Waals surface area contributed by atoms with E-state index in [2.05, 4.69) is 20.8 Å². The van der Waals surface area contributed by atoms with E-state index in [1.54, 1.807) is 0 Å². The maximum absolute atomic E-state index is 12.0. The van der Waals surface area contributed by atoms with E-state index >= 15 is 0 Å². The van der Waals surface area contributed by atoms with E-state index in [0.717, 1.165) is 47.3 Å². The highest BCUT2D eigenvalue weighted by Gasteiger charge is 2.41. The van der Waals surface area contributed by atoms with Crippen LogP contribution in [-0.2, 0) is 5.60 Å². The zero-order valence-electron chi connectivity index (χ0n) is 18.1. The molecule has 1 aliphatic rings. The van der Waals surface area contributed by atoms with Gasteiger partial charge in [0.05, 0.1) is 0 Å². The van der Waals surface area contributed by atoms with Crippen LogP contribution >= 0.6 is 15.9 Å². The summed E-state index contributed by atoms with van der Waals surface area (Å²) in [6.45, 7) is 2.49. The molecule has 3 aromatic carbocycles. The fourth-order valence-corrected chi connectivity index (χ4v) is 5.03. The van der Waals surface area contributed by atoms with Gasteiger partial charge in [-0.2, -0.15) is 0 Å². The van der Waals surface area contributed by atoms with Crippen LogP contribution in [0, 0.1) is 5.92 Å². The molecule has 0 radical (unpaired) electrons. The van der Waals surface area contributed by atoms with Gasteiger partial charge in [-0.3, -0.25) is 0 Å². The number of rotatable bonds is 8. The van der Waals surface area contributed by atoms with Crippen molar-refractivity contribution in [2.45, 2.75) is 24.5 Å². The average Bonchev–Trinajstić information content (AvgIpc) is 2.84. The van der Waals surface area contributed by atoms with Gasteiger partial charge in [-0.05, 0) is 61.2 Å². The minimum Gasteiger partial charge on any atom is -0.491 e. The maximum atomic E-state index is 12.0. The monoisotopic (exact) mass is 495 g/mol. The van der Waals surface area contributed by atoms with Crippen molar-refractivity contribution >= 4 is 15.9 Å². The number of hydrogen-bond acceptors (Lipinski definition) is 4. The molecule has 1 saturated heterocycles. The summed E-state index contributed by atoms with van der Waals surface area (Å²) in [4.78, 5) is 2.27. The van der Waals surface area contributed by atoms with Crippen molar-refractivity contribution in [3.8, 4) is 5.75 Å². The van der Waals surface area contributed by atoms with Gasteiger partial charge in [-0.25, -0.2) is 0 Å². The first-order valence-corrected chi connectivity index (χ1v) is 12.0. The second-order valence-electron chi connectivity index (χ2n) is 8.50. The predicted molar refractivity (Wildman–Crippen MR) is 131 cm³/mol. The maximum Gasteiger partial charge on any atom is 0.120 e. The van der Waals surface area contributed by atoms with Gasteiger partial charge in [0.1, 0.15) is 24.1 Å². The Morgan fingerprint density at radius 3 is 2.06 bits per heavy atom. The van der Waals surface area contributed by atoms with Gasteiger partial charge in [-0.1, -0.05) is 82.7 Å². The number of aliphatic hydroxyl groups excluding tert-OH is 1. The molecule has 5 heteroatoms. The average molecular weight is 496 g/mol. The minimum absolute atomic E-state index is 0.110. The van der Waals surface area contributed by atoms with Crippen LogP contribution in [0.1, 0.15) is 24.0 Å². The predicted octanol–water partition coefficient (Wildman–Crippen LogP) is 4.84. The summed E-state index contributed by atoms with van der Waals surface area (Å²) in [5.74, 6) is 0.853. The van der Waals surface area contributed by atoms with Crippen LogP contribution in [0.2, 0.25) is 0 Å². The Morgan fingerprint density at radius 2 is 1.50 bits per heavy atom. The van der Waals surface area contributed by atoms with Crippen molar-refractivity contribution in [2.24, 2.45) is 5.92 Å². The third-order valence-electron chi connectivity index (χ3n) is 6.31. The van der Waals surface area contributed by atoms with Crippen molar-refractivity contribution in [2.75, 3.05) is 26.2 Å². The first-order valence-electron chi connectivity index (χ1n) is 11.2. The Balaban J connectivity index is 1.37. The molecule has 2 N–H and O–H groups in total. The van der Waals surface area contributed by atoms with E-state index in [9.17, 15) is 10.2 Å². The van der Waals surface area contributed by atoms with Gasteiger partial charge in [0, 0.05) is 11.0 Å². The van der Waals surface area contributed by atoms with Crippen LogP contribution < -0.4 is 4.74 Å². The second-order valence-corrected chi connectivity index (χ2v) is 9.41. The Morgan fingerprint density at radius 1 is 0.906 bits per heavy atom. The van der Waals surface area contributed by atoms with Crippen LogP contribution in [0.25, 0.3) is 0 Å². The Bertz CT molecular complexity index is 935. The Kier molecular flexibility index (Phi) is 7.63. The van der Waals surface area contributed by atoms with Gasteiger partial charge in [-0.15, -0.1) is 0 Å². The normalized spacial score (nSPS) is 16.6. The summed E-state index contributed by atoms with van der Waals surface area (Å²) in [6.07, 6.45) is 1.16. The molecule has 0 aromatic heterocycles. The zero-order valence-corrected chi connectivity index (χ0v) is 19.7. The lowest BCUT2D eigenvalue weighted by Gasteiger charge is -2.42. The lowest BCUT2D eigenvalue weighted by molar-refractivity contribution is -0.0222. The molecule has 0 aliphatic carbocycles. The van der Waals surface area contributed by atoms with Crippen molar-refractivity contribution in [3.63, 3.8) is 0 Å². The molecule has 0 amide bonds. The molecule has 1 aliphatic heterocycles. The molecule has 168 valence electrons. The van der Waals surface area contributed by atoms with E-state index in [4.69, 9.17) is 4.74 Å². The minimum atomic E-state index is -1.02. The van der Waals surface area contributed by atoms with Crippen LogP contribution in [0.15, 0.2) is 89.4 Å². The first-order chi connectivity index (χ1) is 15.6. The Labute approximate surface area is 198 Å². The lowest BCUT2D eigenvalue weighted by atomic mass is 9.72. The second kappa shape index (κ2) is 10.6. The molecule has 0 bridgehead atoms. The standard InChI is InChI=1S/C27H30BrNO3/c28-24-12-7-13-26(18-24)32-20-25(30)19-29-16-14-23(15-17-29)27(31,21-8-3-1-4-9-21)22-10-5-2-6-11-22/h1-13,18,23,25,30-31H,14-17,19-20H2/t25-/m0/s1. The van der Waals surface area contributed by atoms with E-state index in [-0.39, 0.29) is 12.5 Å². The fraction of sp³-hybridized carbons (Fsp3) is 0.333. The molecule has 0 saturated carbocycles. The number of halogens is 1. The summed E-state index contributed by atoms with van der Waals surface area (Å²) >= 11 is 3.43. The molecule has 1 atom stereocenters. The third-order valence-corrected chi connectivity index (χ3v) is 6.81. The number of β-amino-alcohol motifs (C(OH)–C–C–N with tert-alkyl or cyclic N) is 1. The van der Waals surface area contributed by atoms with E-state index in [1.165, 1.54) is 0 Å². The van der Waals surface area contributed by atoms with Crippen LogP contribution in [-0.4, -0.2) is 47.5 Å². The Hall–Kier alpha value is -2.18. The van der Waals surface area contributed by atoms with Gasteiger partial charge in [0.15, 0.2) is 0 Å². The molecule has 0 unspecified atom stereocenters. The third kappa shape index (κ3) is 5.41. The highest BCUT2D eigenvalue weighted by Crippen LogP contribution is 2.41. The quantitative estimate of drug-likeness (QED) is 0.469. The topological polar surface area (TPSA) is 52.9 Å². The van der Waals surface area contributed by atoms with Crippen molar-refractivity contribution in [3.05, 3.63) is 101 Å². The number of piperidine rings is 1. The van der Waals surface area contributed by atoms with E-state index < -0.39 is 11.7 Å². The van der Waals surface area contributed by atoms with Gasteiger partial charge in [0.25, 0.3) is 0 Å². The molecule has 1 fully saturated rings. The molecule has 3 aromatic rings. The molecule has 32 heavy (non-hydrogen) atoms. The summed E-state index contributed by atoms with van der Waals surface area (Å²) in [5.41, 5.74) is 0.857. The van der Waals surface area contributed by atoms with Gasteiger partial charge >= 0.3 is 0 Å². The molecule has 1 heterocycles. The number of nitrogens with zero attached hydrogens (tertiary/aromatic N) is 1. The SMILES string of the molecule is O[C@H](COc1cccc(Br)c1)CN1CCC(C(O)(c2ccccc2)c2ccccc2)CC1. The highest BCUT2D eigenvalue weighted by molar-refractivity contribution is 9.10. The van der Waals surface area contributed by atoms with Crippen LogP contribution in [0.4, 0.5) is 0 Å². The summed E-state index contributed by atoms with van der Waals surface area (Å²) < 4.78 is 6.69. The van der Waals surface area contributed by atoms with E-state index in [1.807, 2.05) is 84.9 Å². The van der Waals surface area contributed by atoms with Crippen molar-refractivity contribution < 1.29 is 14.9 Å². The van der Waals surface area contributed by atoms with Crippen LogP contribution in [0.3, 0.4) is 0 Å². The smallest absolute Gasteiger partial charge is 0.120 e. The molecular formula is C27H30BrNO3. The number of likely N-dealkylation sites (tertiary alicyclic amines) is 1. The fourth-order valence-electron chi connectivity index (χ4n) is 4.66.